The van der Waals surface area contributed by atoms with Gasteiger partial charge in [-0.15, -0.1) is 0 Å². The Morgan fingerprint density at radius 3 is 2.78 bits per heavy atom. The van der Waals surface area contributed by atoms with E-state index in [4.69, 9.17) is 5.26 Å². The van der Waals surface area contributed by atoms with Crippen LogP contribution in [0.5, 0.6) is 0 Å². The molecule has 0 bridgehead atoms. The molecular weight excluding hydrogens is 252 g/mol. The molecule has 5 nitrogen and oxygen atoms in total. The number of aromatic nitrogens is 1. The number of ketones is 1. The third-order valence-corrected chi connectivity index (χ3v) is 3.80. The topological polar surface area (TPSA) is 90.8 Å². The van der Waals surface area contributed by atoms with Gasteiger partial charge in [0.1, 0.15) is 11.5 Å². The predicted octanol–water partition coefficient (Wildman–Crippen LogP) is 1.29. The third kappa shape index (κ3) is 2.41. The molecule has 1 aromatic heterocycles. The average Bonchev–Trinajstić information content (AvgIpc) is 2.71. The zero-order chi connectivity index (χ0) is 13.2. The zero-order valence-corrected chi connectivity index (χ0v) is 10.2. The minimum absolute atomic E-state index is 0.340. The van der Waals surface area contributed by atoms with Crippen LogP contribution in [-0.2, 0) is 9.84 Å². The minimum atomic E-state index is -3.65. The molecule has 2 aromatic rings. The summed E-state index contributed by atoms with van der Waals surface area (Å²) >= 11 is 0. The second kappa shape index (κ2) is 4.63. The van der Waals surface area contributed by atoms with Crippen molar-refractivity contribution in [3.8, 4) is 6.07 Å². The number of para-hydroxylation sites is 1. The lowest BCUT2D eigenvalue weighted by molar-refractivity contribution is 0.102. The fourth-order valence-electron chi connectivity index (χ4n) is 1.73. The van der Waals surface area contributed by atoms with Crippen LogP contribution in [0.3, 0.4) is 0 Å². The van der Waals surface area contributed by atoms with E-state index in [1.807, 2.05) is 6.07 Å². The van der Waals surface area contributed by atoms with Crippen molar-refractivity contribution < 1.29 is 13.2 Å². The first-order valence-electron chi connectivity index (χ1n) is 5.20. The molecule has 0 aliphatic heterocycles. The number of nitrogens with zero attached hydrogens (tertiary/aromatic N) is 1. The second-order valence-corrected chi connectivity index (χ2v) is 5.93. The molecule has 6 heteroatoms. The Bertz CT molecular complexity index is 738. The van der Waals surface area contributed by atoms with Gasteiger partial charge in [0.15, 0.2) is 15.6 Å². The molecule has 0 aliphatic rings. The molecule has 1 heterocycles. The summed E-state index contributed by atoms with van der Waals surface area (Å²) in [7, 11) is -3.65. The molecule has 0 saturated carbocycles. The lowest BCUT2D eigenvalue weighted by Crippen LogP contribution is -2.18. The molecule has 0 aliphatic carbocycles. The summed E-state index contributed by atoms with van der Waals surface area (Å²) in [6, 6.07) is 8.69. The highest BCUT2D eigenvalue weighted by atomic mass is 32.2. The number of carbonyl (C=O) groups excluding carboxylic acids is 1. The normalized spacial score (nSPS) is 11.3. The van der Waals surface area contributed by atoms with Gasteiger partial charge in [-0.05, 0) is 6.07 Å². The largest absolute Gasteiger partial charge is 0.360 e. The Morgan fingerprint density at radius 1 is 1.33 bits per heavy atom. The van der Waals surface area contributed by atoms with Crippen LogP contribution in [0.25, 0.3) is 10.9 Å². The van der Waals surface area contributed by atoms with E-state index in [1.54, 1.807) is 24.3 Å². The van der Waals surface area contributed by atoms with Gasteiger partial charge in [0.2, 0.25) is 0 Å². The molecule has 0 fully saturated rings. The van der Waals surface area contributed by atoms with Crippen molar-refractivity contribution in [3.05, 3.63) is 36.0 Å². The summed E-state index contributed by atoms with van der Waals surface area (Å²) in [6.07, 6.45) is 1.49. The average molecular weight is 262 g/mol. The van der Waals surface area contributed by atoms with Crippen LogP contribution in [0, 0.1) is 11.3 Å². The Morgan fingerprint density at radius 2 is 2.06 bits per heavy atom. The van der Waals surface area contributed by atoms with E-state index in [0.717, 1.165) is 5.52 Å². The molecule has 0 spiro atoms. The summed E-state index contributed by atoms with van der Waals surface area (Å²) in [5.74, 6) is -1.77. The van der Waals surface area contributed by atoms with Gasteiger partial charge in [0.25, 0.3) is 0 Å². The molecule has 0 radical (unpaired) electrons. The second-order valence-electron chi connectivity index (χ2n) is 3.86. The van der Waals surface area contributed by atoms with Crippen molar-refractivity contribution >= 4 is 26.5 Å². The van der Waals surface area contributed by atoms with E-state index in [2.05, 4.69) is 4.98 Å². The van der Waals surface area contributed by atoms with Crippen molar-refractivity contribution in [1.82, 2.24) is 4.98 Å². The molecule has 1 aromatic carbocycles. The number of fused-ring (bicyclic) bond motifs is 1. The van der Waals surface area contributed by atoms with E-state index < -0.39 is 27.1 Å². The Balaban J connectivity index is 2.33. The SMILES string of the molecule is N#CCS(=O)(=O)CC(=O)c1c[nH]c2ccccc12. The molecule has 0 unspecified atom stereocenters. The number of aromatic amines is 1. The van der Waals surface area contributed by atoms with E-state index in [1.165, 1.54) is 6.20 Å². The van der Waals surface area contributed by atoms with Gasteiger partial charge in [0.05, 0.1) is 6.07 Å². The molecular formula is C12H10N2O3S. The van der Waals surface area contributed by atoms with Crippen LogP contribution in [0.1, 0.15) is 10.4 Å². The van der Waals surface area contributed by atoms with Crippen molar-refractivity contribution in [1.29, 1.82) is 5.26 Å². The molecule has 0 amide bonds. The summed E-state index contributed by atoms with van der Waals surface area (Å²) < 4.78 is 22.8. The van der Waals surface area contributed by atoms with Gasteiger partial charge in [-0.2, -0.15) is 5.26 Å². The number of nitrogens with one attached hydrogen (secondary N) is 1. The fourth-order valence-corrected chi connectivity index (χ4v) is 2.58. The van der Waals surface area contributed by atoms with Crippen molar-refractivity contribution in [2.45, 2.75) is 0 Å². The lowest BCUT2D eigenvalue weighted by atomic mass is 10.1. The number of hydrogen-bond donors (Lipinski definition) is 1. The maximum absolute atomic E-state index is 11.9. The van der Waals surface area contributed by atoms with E-state index in [0.29, 0.717) is 10.9 Å². The summed E-state index contributed by atoms with van der Waals surface area (Å²) in [5, 5.41) is 9.06. The standard InChI is InChI=1S/C12H10N2O3S/c13-5-6-18(16,17)8-12(15)10-7-14-11-4-2-1-3-9(10)11/h1-4,7,14H,6,8H2. The van der Waals surface area contributed by atoms with Crippen molar-refractivity contribution in [3.63, 3.8) is 0 Å². The molecule has 18 heavy (non-hydrogen) atoms. The van der Waals surface area contributed by atoms with Crippen LogP contribution in [0.2, 0.25) is 0 Å². The number of Topliss-reactive ketones (excluding diaryl/α,β-unsaturated/α-hetero) is 1. The Labute approximate surface area is 104 Å². The molecule has 0 atom stereocenters. The number of sulfone groups is 1. The number of hydrogen-bond acceptors (Lipinski definition) is 4. The van der Waals surface area contributed by atoms with E-state index in [9.17, 15) is 13.2 Å². The number of rotatable bonds is 4. The van der Waals surface area contributed by atoms with Crippen molar-refractivity contribution in [2.75, 3.05) is 11.5 Å². The fraction of sp³-hybridized carbons (Fsp3) is 0.167. The number of nitriles is 1. The van der Waals surface area contributed by atoms with Crippen LogP contribution in [-0.4, -0.2) is 30.7 Å². The number of benzene rings is 1. The maximum Gasteiger partial charge on any atom is 0.180 e. The van der Waals surface area contributed by atoms with Crippen molar-refractivity contribution in [2.24, 2.45) is 0 Å². The molecule has 2 rings (SSSR count). The predicted molar refractivity (Wildman–Crippen MR) is 66.9 cm³/mol. The molecule has 1 N–H and O–H groups in total. The smallest absolute Gasteiger partial charge is 0.180 e. The highest BCUT2D eigenvalue weighted by Gasteiger charge is 2.20. The lowest BCUT2D eigenvalue weighted by Gasteiger charge is -1.99. The van der Waals surface area contributed by atoms with Gasteiger partial charge < -0.3 is 4.98 Å². The molecule has 92 valence electrons. The summed E-state index contributed by atoms with van der Waals surface area (Å²) in [5.41, 5.74) is 1.12. The molecule has 0 saturated heterocycles. The van der Waals surface area contributed by atoms with E-state index in [-0.39, 0.29) is 0 Å². The number of carbonyl (C=O) groups is 1. The maximum atomic E-state index is 11.9. The monoisotopic (exact) mass is 262 g/mol. The highest BCUT2D eigenvalue weighted by molar-refractivity contribution is 7.92. The minimum Gasteiger partial charge on any atom is -0.360 e. The highest BCUT2D eigenvalue weighted by Crippen LogP contribution is 2.18. The van der Waals surface area contributed by atoms with Gasteiger partial charge >= 0.3 is 0 Å². The summed E-state index contributed by atoms with van der Waals surface area (Å²) in [4.78, 5) is 14.8. The van der Waals surface area contributed by atoms with Gasteiger partial charge in [0, 0.05) is 22.7 Å². The first kappa shape index (κ1) is 12.3. The summed E-state index contributed by atoms with van der Waals surface area (Å²) in [6.45, 7) is 0. The first-order chi connectivity index (χ1) is 8.53. The van der Waals surface area contributed by atoms with Crippen LogP contribution >= 0.6 is 0 Å². The van der Waals surface area contributed by atoms with Crippen LogP contribution in [0.15, 0.2) is 30.5 Å². The number of H-pyrrole nitrogens is 1. The van der Waals surface area contributed by atoms with Gasteiger partial charge in [-0.25, -0.2) is 8.42 Å². The van der Waals surface area contributed by atoms with Gasteiger partial charge in [-0.1, -0.05) is 18.2 Å². The van der Waals surface area contributed by atoms with Crippen LogP contribution < -0.4 is 0 Å². The Kier molecular flexibility index (Phi) is 3.17. The quantitative estimate of drug-likeness (QED) is 0.840. The third-order valence-electron chi connectivity index (χ3n) is 2.53. The van der Waals surface area contributed by atoms with Crippen LogP contribution in [0.4, 0.5) is 0 Å². The first-order valence-corrected chi connectivity index (χ1v) is 7.02. The van der Waals surface area contributed by atoms with Gasteiger partial charge in [-0.3, -0.25) is 4.79 Å². The zero-order valence-electron chi connectivity index (χ0n) is 9.38. The Hall–Kier alpha value is -2.13. The van der Waals surface area contributed by atoms with E-state index >= 15 is 0 Å².